The Hall–Kier alpha value is -0.570. The molecule has 3 nitrogen and oxygen atoms in total. The summed E-state index contributed by atoms with van der Waals surface area (Å²) in [4.78, 5) is 11.3. The van der Waals surface area contributed by atoms with Gasteiger partial charge >= 0.3 is 5.97 Å². The lowest BCUT2D eigenvalue weighted by atomic mass is 9.89. The van der Waals surface area contributed by atoms with Crippen molar-refractivity contribution < 1.29 is 14.3 Å². The quantitative estimate of drug-likeness (QED) is 0.586. The molecule has 0 bridgehead atoms. The topological polar surface area (TPSA) is 35.5 Å². The Kier molecular flexibility index (Phi) is 2.05. The summed E-state index contributed by atoms with van der Waals surface area (Å²) in [5, 5.41) is 0. The minimum absolute atomic E-state index is 0.0495. The molecule has 0 saturated carbocycles. The van der Waals surface area contributed by atoms with E-state index in [4.69, 9.17) is 9.47 Å². The molecule has 0 aromatic rings. The first-order valence-electron chi connectivity index (χ1n) is 4.65. The number of hydrogen-bond donors (Lipinski definition) is 0. The van der Waals surface area contributed by atoms with Gasteiger partial charge in [-0.05, 0) is 12.8 Å². The van der Waals surface area contributed by atoms with Gasteiger partial charge in [-0.1, -0.05) is 13.3 Å². The highest BCUT2D eigenvalue weighted by atomic mass is 16.7. The predicted octanol–water partition coefficient (Wildman–Crippen LogP) is 1.32. The fourth-order valence-electron chi connectivity index (χ4n) is 2.11. The average molecular weight is 170 g/mol. The van der Waals surface area contributed by atoms with Crippen LogP contribution in [0.5, 0.6) is 0 Å². The van der Waals surface area contributed by atoms with Crippen molar-refractivity contribution in [2.45, 2.75) is 32.5 Å². The summed E-state index contributed by atoms with van der Waals surface area (Å²) in [6.45, 7) is 2.85. The Balaban J connectivity index is 2.05. The van der Waals surface area contributed by atoms with Gasteiger partial charge in [0.1, 0.15) is 0 Å². The molecule has 0 aromatic carbocycles. The first-order chi connectivity index (χ1) is 5.83. The van der Waals surface area contributed by atoms with Crippen LogP contribution < -0.4 is 0 Å². The number of ether oxygens (including phenoxy) is 2. The van der Waals surface area contributed by atoms with Crippen molar-refractivity contribution in [3.05, 3.63) is 0 Å². The van der Waals surface area contributed by atoms with Gasteiger partial charge in [0.25, 0.3) is 0 Å². The monoisotopic (exact) mass is 170 g/mol. The van der Waals surface area contributed by atoms with E-state index in [1.807, 2.05) is 0 Å². The van der Waals surface area contributed by atoms with Crippen LogP contribution >= 0.6 is 0 Å². The molecule has 2 aliphatic rings. The zero-order valence-electron chi connectivity index (χ0n) is 7.29. The lowest BCUT2D eigenvalue weighted by Gasteiger charge is -2.09. The van der Waals surface area contributed by atoms with Gasteiger partial charge in [-0.2, -0.15) is 0 Å². The van der Waals surface area contributed by atoms with Crippen LogP contribution in [0.2, 0.25) is 0 Å². The second kappa shape index (κ2) is 3.05. The highest BCUT2D eigenvalue weighted by molar-refractivity contribution is 5.75. The van der Waals surface area contributed by atoms with E-state index in [1.165, 1.54) is 0 Å². The van der Waals surface area contributed by atoms with Crippen LogP contribution in [0.1, 0.15) is 26.2 Å². The molecule has 0 unspecified atom stereocenters. The van der Waals surface area contributed by atoms with Crippen molar-refractivity contribution in [2.75, 3.05) is 6.61 Å². The third-order valence-corrected chi connectivity index (χ3v) is 2.73. The van der Waals surface area contributed by atoms with Crippen molar-refractivity contribution in [3.8, 4) is 0 Å². The first kappa shape index (κ1) is 8.05. The van der Waals surface area contributed by atoms with E-state index >= 15 is 0 Å². The number of fused-ring (bicyclic) bond motifs is 1. The van der Waals surface area contributed by atoms with Gasteiger partial charge in [-0.25, -0.2) is 0 Å². The normalized spacial score (nSPS) is 39.8. The highest BCUT2D eigenvalue weighted by Crippen LogP contribution is 2.38. The van der Waals surface area contributed by atoms with Gasteiger partial charge < -0.3 is 9.47 Å². The molecule has 0 radical (unpaired) electrons. The van der Waals surface area contributed by atoms with Crippen LogP contribution in [-0.2, 0) is 14.3 Å². The molecule has 0 spiro atoms. The van der Waals surface area contributed by atoms with Crippen molar-refractivity contribution in [2.24, 2.45) is 11.8 Å². The maximum Gasteiger partial charge on any atom is 0.311 e. The van der Waals surface area contributed by atoms with Gasteiger partial charge in [0.05, 0.1) is 12.5 Å². The van der Waals surface area contributed by atoms with E-state index in [2.05, 4.69) is 6.92 Å². The summed E-state index contributed by atoms with van der Waals surface area (Å²) in [5.74, 6) is 0.409. The Labute approximate surface area is 72.0 Å². The molecule has 12 heavy (non-hydrogen) atoms. The van der Waals surface area contributed by atoms with Crippen LogP contribution in [0.25, 0.3) is 0 Å². The van der Waals surface area contributed by atoms with Crippen LogP contribution in [-0.4, -0.2) is 18.9 Å². The molecule has 2 fully saturated rings. The van der Waals surface area contributed by atoms with Crippen LogP contribution in [0, 0.1) is 11.8 Å². The molecule has 0 amide bonds. The van der Waals surface area contributed by atoms with Crippen molar-refractivity contribution >= 4 is 5.97 Å². The largest absolute Gasteiger partial charge is 0.435 e. The Bertz CT molecular complexity index is 190. The number of rotatable bonds is 2. The predicted molar refractivity (Wildman–Crippen MR) is 42.3 cm³/mol. The Morgan fingerprint density at radius 3 is 3.17 bits per heavy atom. The molecule has 2 saturated heterocycles. The SMILES string of the molecule is CCC[C@@H]1C(=O)O[C@@H]2OCC[C@@H]21. The molecule has 3 heteroatoms. The highest BCUT2D eigenvalue weighted by Gasteiger charge is 2.47. The molecule has 0 N–H and O–H groups in total. The van der Waals surface area contributed by atoms with Gasteiger partial charge in [-0.15, -0.1) is 0 Å². The van der Waals surface area contributed by atoms with E-state index < -0.39 is 0 Å². The summed E-state index contributed by atoms with van der Waals surface area (Å²) in [5.41, 5.74) is 0. The van der Waals surface area contributed by atoms with Crippen molar-refractivity contribution in [3.63, 3.8) is 0 Å². The van der Waals surface area contributed by atoms with Crippen LogP contribution in [0.15, 0.2) is 0 Å². The maximum absolute atomic E-state index is 11.3. The van der Waals surface area contributed by atoms with Crippen LogP contribution in [0.4, 0.5) is 0 Å². The summed E-state index contributed by atoms with van der Waals surface area (Å²) in [6.07, 6.45) is 2.77. The minimum atomic E-state index is -0.214. The summed E-state index contributed by atoms with van der Waals surface area (Å²) < 4.78 is 10.4. The first-order valence-corrected chi connectivity index (χ1v) is 4.65. The second-order valence-corrected chi connectivity index (χ2v) is 3.52. The standard InChI is InChI=1S/C9H14O3/c1-2-3-6-7-4-5-11-9(7)12-8(6)10/h6-7,9H,2-5H2,1H3/t6-,7+,9-/m0/s1. The van der Waals surface area contributed by atoms with E-state index in [0.29, 0.717) is 5.92 Å². The third-order valence-electron chi connectivity index (χ3n) is 2.73. The van der Waals surface area contributed by atoms with Crippen molar-refractivity contribution in [1.82, 2.24) is 0 Å². The molecule has 2 heterocycles. The fraction of sp³-hybridized carbons (Fsp3) is 0.889. The van der Waals surface area contributed by atoms with Gasteiger partial charge in [0, 0.05) is 5.92 Å². The zero-order chi connectivity index (χ0) is 8.55. The fourth-order valence-corrected chi connectivity index (χ4v) is 2.11. The van der Waals surface area contributed by atoms with E-state index in [1.54, 1.807) is 0 Å². The third kappa shape index (κ3) is 1.12. The molecule has 2 aliphatic heterocycles. The molecule has 2 rings (SSSR count). The number of carbonyl (C=O) groups is 1. The number of esters is 1. The Morgan fingerprint density at radius 1 is 1.58 bits per heavy atom. The molecular formula is C9H14O3. The number of hydrogen-bond acceptors (Lipinski definition) is 3. The Morgan fingerprint density at radius 2 is 2.42 bits per heavy atom. The summed E-state index contributed by atoms with van der Waals surface area (Å²) in [7, 11) is 0. The van der Waals surface area contributed by atoms with Gasteiger partial charge in [0.2, 0.25) is 6.29 Å². The lowest BCUT2D eigenvalue weighted by Crippen LogP contribution is -2.15. The van der Waals surface area contributed by atoms with E-state index in [-0.39, 0.29) is 18.2 Å². The maximum atomic E-state index is 11.3. The van der Waals surface area contributed by atoms with E-state index in [0.717, 1.165) is 25.9 Å². The molecule has 68 valence electrons. The second-order valence-electron chi connectivity index (χ2n) is 3.52. The van der Waals surface area contributed by atoms with Gasteiger partial charge in [0.15, 0.2) is 0 Å². The van der Waals surface area contributed by atoms with Crippen LogP contribution in [0.3, 0.4) is 0 Å². The summed E-state index contributed by atoms with van der Waals surface area (Å²) in [6, 6.07) is 0. The molecule has 3 atom stereocenters. The minimum Gasteiger partial charge on any atom is -0.435 e. The average Bonchev–Trinajstić information content (AvgIpc) is 2.56. The molecule has 0 aromatic heterocycles. The smallest absolute Gasteiger partial charge is 0.311 e. The lowest BCUT2D eigenvalue weighted by molar-refractivity contribution is -0.159. The van der Waals surface area contributed by atoms with Gasteiger partial charge in [-0.3, -0.25) is 4.79 Å². The number of carbonyl (C=O) groups excluding carboxylic acids is 1. The zero-order valence-corrected chi connectivity index (χ0v) is 7.29. The molecule has 0 aliphatic carbocycles. The molecular weight excluding hydrogens is 156 g/mol. The summed E-state index contributed by atoms with van der Waals surface area (Å²) >= 11 is 0. The van der Waals surface area contributed by atoms with E-state index in [9.17, 15) is 4.79 Å². The van der Waals surface area contributed by atoms with Crippen molar-refractivity contribution in [1.29, 1.82) is 0 Å².